The Hall–Kier alpha value is -7.72. The number of allylic oxidation sites excluding steroid dienone is 12. The number of nitrogens with zero attached hydrogens (tertiary/aromatic N) is 4. The number of hydrogen-bond donors (Lipinski definition) is 6. The van der Waals surface area contributed by atoms with Crippen LogP contribution in [0.5, 0.6) is 0 Å². The Balaban J connectivity index is 0.000000349. The Kier molecular flexibility index (Phi) is 38.0. The zero-order valence-corrected chi connectivity index (χ0v) is 77.6. The van der Waals surface area contributed by atoms with Crippen LogP contribution in [0.1, 0.15) is 153 Å². The smallest absolute Gasteiger partial charge is 0.303 e. The van der Waals surface area contributed by atoms with Gasteiger partial charge in [0.05, 0.1) is 115 Å². The molecule has 0 bridgehead atoms. The largest absolute Gasteiger partial charge is 0.748 e. The molecule has 4 unspecified atom stereocenters. The van der Waals surface area contributed by atoms with Crippen LogP contribution < -0.4 is 9.80 Å². The summed E-state index contributed by atoms with van der Waals surface area (Å²) < 4.78 is 309. The molecule has 127 heavy (non-hydrogen) atoms. The van der Waals surface area contributed by atoms with Gasteiger partial charge in [0.25, 0.3) is 40.5 Å². The first kappa shape index (κ1) is 106. The van der Waals surface area contributed by atoms with Crippen LogP contribution in [0.3, 0.4) is 0 Å². The summed E-state index contributed by atoms with van der Waals surface area (Å²) in [4.78, 5) is 24.3. The third-order valence-electron chi connectivity index (χ3n) is 22.5. The van der Waals surface area contributed by atoms with Gasteiger partial charge in [-0.2, -0.15) is 42.8 Å². The lowest BCUT2D eigenvalue weighted by molar-refractivity contribution is -0.438. The molecule has 4 aromatic carbocycles. The van der Waals surface area contributed by atoms with E-state index in [-0.39, 0.29) is 114 Å². The molecule has 0 saturated heterocycles. The van der Waals surface area contributed by atoms with Gasteiger partial charge < -0.3 is 61.9 Å². The van der Waals surface area contributed by atoms with Crippen LogP contribution in [0.25, 0.3) is 0 Å². The van der Waals surface area contributed by atoms with E-state index in [1.54, 1.807) is 95.6 Å². The maximum atomic E-state index is 12.3. The summed E-state index contributed by atoms with van der Waals surface area (Å²) in [5.41, 5.74) is 2.04. The topological polar surface area (TPSA) is 580 Å². The Bertz CT molecular complexity index is 5870. The second-order valence-corrected chi connectivity index (χ2v) is 43.4. The third kappa shape index (κ3) is 30.4. The maximum Gasteiger partial charge on any atom is 0.303 e. The zero-order chi connectivity index (χ0) is 94.4. The molecule has 0 spiro atoms. The first-order chi connectivity index (χ1) is 59.1. The maximum absolute atomic E-state index is 12.3. The molecule has 4 aliphatic heterocycles. The minimum Gasteiger partial charge on any atom is -0.748 e. The van der Waals surface area contributed by atoms with Crippen LogP contribution in [0.4, 0.5) is 22.7 Å². The van der Waals surface area contributed by atoms with Gasteiger partial charge in [0.15, 0.2) is 11.4 Å². The normalized spacial score (nSPS) is 20.0. The summed E-state index contributed by atoms with van der Waals surface area (Å²) in [6, 6.07) is 16.1. The highest BCUT2D eigenvalue weighted by Crippen LogP contribution is 2.54. The monoisotopic (exact) mass is 1930 g/mol. The molecule has 0 saturated carbocycles. The molecule has 0 fully saturated rings. The fraction of sp³-hybridized carbons (Fsp3) is 0.512. The van der Waals surface area contributed by atoms with Crippen molar-refractivity contribution in [2.24, 2.45) is 0 Å². The predicted molar refractivity (Wildman–Crippen MR) is 465 cm³/mol. The van der Waals surface area contributed by atoms with E-state index in [0.717, 1.165) is 0 Å². The van der Waals surface area contributed by atoms with Gasteiger partial charge in [-0.05, 0) is 189 Å². The fourth-order valence-electron chi connectivity index (χ4n) is 16.4. The van der Waals surface area contributed by atoms with Crippen molar-refractivity contribution in [3.05, 3.63) is 167 Å². The van der Waals surface area contributed by atoms with Crippen molar-refractivity contribution < 1.29 is 156 Å². The average molecular weight is 1940 g/mol. The molecular formula is C82H110N4O33S8-2. The van der Waals surface area contributed by atoms with E-state index >= 15 is 0 Å². The summed E-state index contributed by atoms with van der Waals surface area (Å²) in [5.74, 6) is -4.42. The lowest BCUT2D eigenvalue weighted by atomic mass is 9.75. The van der Waals surface area contributed by atoms with E-state index in [9.17, 15) is 113 Å². The molecular weight excluding hydrogens is 1830 g/mol. The molecule has 706 valence electrons. The number of carbonyl (C=O) groups is 2. The fourth-order valence-corrected chi connectivity index (χ4v) is 20.4. The summed E-state index contributed by atoms with van der Waals surface area (Å²) >= 11 is 0. The molecule has 4 aromatic rings. The summed E-state index contributed by atoms with van der Waals surface area (Å²) in [5, 5.41) is 18.3. The second kappa shape index (κ2) is 45.4. The first-order valence-corrected chi connectivity index (χ1v) is 52.5. The van der Waals surface area contributed by atoms with E-state index in [2.05, 4.69) is 0 Å². The van der Waals surface area contributed by atoms with E-state index < -0.39 is 147 Å². The van der Waals surface area contributed by atoms with Crippen molar-refractivity contribution in [3.8, 4) is 0 Å². The number of carboxylic acids is 2. The van der Waals surface area contributed by atoms with E-state index in [4.69, 9.17) is 33.9 Å². The van der Waals surface area contributed by atoms with Crippen molar-refractivity contribution in [2.45, 2.75) is 172 Å². The highest BCUT2D eigenvalue weighted by molar-refractivity contribution is 7.87. The quantitative estimate of drug-likeness (QED) is 0.0104. The number of hydrogen-bond acceptors (Lipinski definition) is 29. The van der Waals surface area contributed by atoms with Crippen LogP contribution >= 0.6 is 0 Å². The number of aliphatic carboxylic acids is 2. The number of ether oxygens (including phenoxy) is 5. The first-order valence-electron chi connectivity index (χ1n) is 40.5. The van der Waals surface area contributed by atoms with Crippen LogP contribution in [0.15, 0.2) is 165 Å². The molecule has 0 amide bonds. The summed E-state index contributed by atoms with van der Waals surface area (Å²) in [6.45, 7) is 10.6. The highest BCUT2D eigenvalue weighted by Gasteiger charge is 2.51. The molecule has 4 aliphatic rings. The van der Waals surface area contributed by atoms with Gasteiger partial charge in [-0.15, -0.1) is 0 Å². The van der Waals surface area contributed by atoms with Gasteiger partial charge in [0, 0.05) is 134 Å². The van der Waals surface area contributed by atoms with Gasteiger partial charge in [0.2, 0.25) is 11.4 Å². The van der Waals surface area contributed by atoms with E-state index in [0.29, 0.717) is 146 Å². The average Bonchev–Trinajstić information content (AvgIpc) is 1.60. The Morgan fingerprint density at radius 1 is 0.386 bits per heavy atom. The van der Waals surface area contributed by atoms with Crippen molar-refractivity contribution >= 4 is 127 Å². The van der Waals surface area contributed by atoms with Crippen molar-refractivity contribution in [1.82, 2.24) is 0 Å². The van der Waals surface area contributed by atoms with Crippen LogP contribution in [0.2, 0.25) is 0 Å². The molecule has 4 heterocycles. The Morgan fingerprint density at radius 2 is 0.709 bits per heavy atom. The highest BCUT2D eigenvalue weighted by atomic mass is 32.2. The molecule has 4 atom stereocenters. The molecule has 0 radical (unpaired) electrons. The lowest BCUT2D eigenvalue weighted by Gasteiger charge is -2.30. The zero-order valence-electron chi connectivity index (χ0n) is 71.1. The number of carboxylic acid groups (broad SMARTS) is 2. The number of unbranched alkanes of at least 4 members (excludes halogenated alkanes) is 4. The summed E-state index contributed by atoms with van der Waals surface area (Å²) in [7, 11) is -34.0. The predicted octanol–water partition coefficient (Wildman–Crippen LogP) is 8.56. The van der Waals surface area contributed by atoms with Gasteiger partial charge >= 0.3 is 11.9 Å². The second-order valence-electron chi connectivity index (χ2n) is 31.6. The van der Waals surface area contributed by atoms with Crippen LogP contribution in [0, 0.1) is 0 Å². The van der Waals surface area contributed by atoms with Crippen molar-refractivity contribution in [3.63, 3.8) is 0 Å². The number of anilines is 2. The van der Waals surface area contributed by atoms with Crippen LogP contribution in [-0.2, 0) is 136 Å². The molecule has 45 heteroatoms. The minimum atomic E-state index is -4.91. The van der Waals surface area contributed by atoms with Gasteiger partial charge in [-0.25, -0.2) is 33.7 Å². The number of benzene rings is 4. The van der Waals surface area contributed by atoms with Crippen molar-refractivity contribution in [1.29, 1.82) is 0 Å². The van der Waals surface area contributed by atoms with E-state index in [1.165, 1.54) is 79.9 Å². The van der Waals surface area contributed by atoms with Crippen LogP contribution in [-0.4, -0.2) is 263 Å². The van der Waals surface area contributed by atoms with Gasteiger partial charge in [-0.3, -0.25) is 27.8 Å². The van der Waals surface area contributed by atoms with E-state index in [1.807, 2.05) is 19.0 Å². The van der Waals surface area contributed by atoms with Gasteiger partial charge in [-0.1, -0.05) is 36.5 Å². The molecule has 37 nitrogen and oxygen atoms in total. The Labute approximate surface area is 743 Å². The molecule has 0 aliphatic carbocycles. The standard InChI is InChI=1S/C42H58N2O17S4.C40H54N2O16S4/c1-41(19-10-28-62(47,48)49)34-30-32(64(53,54)55)15-17-36(34)43(21-9-5-8-14-40(45)46)38(41)12-6-4-7-13-39-42(2,20-11-29-63(50,51)52)35-31-33(65(56,57)58)16-18-37(35)44(39)22-23-60-26-27-61-25-24-59-3;1-39(19-10-26-59(45,46)47)32-28-30(61(51,52)53)15-17-34(32)41(21-9-5-8-14-38(43)44)36(39)12-6-4-7-13-37-40(2,20-11-27-60(48,49)50)33-29-31(62(54,55)56)16-18-35(33)42(37)22-23-58-25-24-57-3/h4,6-7,12-13,15-18,30-31H,5,8-11,14,19-29H2,1-3H3,(H4-,45,46,47,48,49,50,51,52,53,54,55,56,57,58);4,6-7,12-13,15-18,28-29H,5,8-11,14,19-27H2,1-3H3,(H4-,43,44,45,46,47,48,49,50,51,52,53,54,55,56)/p-2. The lowest BCUT2D eigenvalue weighted by Crippen LogP contribution is -2.32. The molecule has 6 N–H and O–H groups in total. The Morgan fingerprint density at radius 3 is 1.03 bits per heavy atom. The molecule has 0 aromatic heterocycles. The number of fused-ring (bicyclic) bond motifs is 4. The SMILES string of the molecule is COCCOCCN1C(=CC=CC=CC2=[N+](CCCCCC(=O)O)c3ccc(S(=O)(=O)[O-])cc3C2(C)CCCS(=O)(=O)[O-])C(C)(CCCS(=O)(=O)O)c2cc(S(=O)(=O)O)ccc21.COCCOCCOCCN1C(=CC=CC=CC2=[N+](CCCCCC(=O)O)c3ccc(S(=O)(=O)[O-])cc3C2(C)CCCS(=O)(=O)[O-])C(C)(CCCS(=O)(=O)O)c2cc(S(=O)(=O)O)ccc21. The number of methoxy groups -OCH3 is 2. The van der Waals surface area contributed by atoms with Gasteiger partial charge in [0.1, 0.15) is 33.3 Å². The third-order valence-corrected chi connectivity index (χ3v) is 29.0. The number of rotatable bonds is 53. The summed E-state index contributed by atoms with van der Waals surface area (Å²) in [6.07, 6.45) is 20.0. The minimum absolute atomic E-state index is 0.0172. The van der Waals surface area contributed by atoms with Crippen molar-refractivity contribution in [2.75, 3.05) is 126 Å². The molecule has 8 rings (SSSR count).